The van der Waals surface area contributed by atoms with Crippen molar-refractivity contribution in [2.75, 3.05) is 36.0 Å². The molecule has 0 bridgehead atoms. The first-order valence-corrected chi connectivity index (χ1v) is 11.6. The molecule has 0 heterocycles. The number of nitrogen functional groups attached to an aromatic ring is 1. The molecule has 1 unspecified atom stereocenters. The third-order valence-corrected chi connectivity index (χ3v) is 5.41. The molecule has 9 nitrogen and oxygen atoms in total. The van der Waals surface area contributed by atoms with E-state index in [0.29, 0.717) is 48.7 Å². The third-order valence-electron chi connectivity index (χ3n) is 5.41. The Hall–Kier alpha value is -4.01. The lowest BCUT2D eigenvalue weighted by molar-refractivity contribution is -0.115. The van der Waals surface area contributed by atoms with E-state index in [2.05, 4.69) is 20.9 Å². The van der Waals surface area contributed by atoms with Gasteiger partial charge in [-0.15, -0.1) is 0 Å². The molecule has 0 saturated heterocycles. The summed E-state index contributed by atoms with van der Waals surface area (Å²) in [5.74, 6) is -0.751. The Kier molecular flexibility index (Phi) is 10.1. The quantitative estimate of drug-likeness (QED) is 0.203. The van der Waals surface area contributed by atoms with Gasteiger partial charge < -0.3 is 33.2 Å². The van der Waals surface area contributed by atoms with Crippen molar-refractivity contribution in [3.8, 4) is 0 Å². The first-order valence-electron chi connectivity index (χ1n) is 11.6. The fourth-order valence-corrected chi connectivity index (χ4v) is 3.61. The Balaban J connectivity index is 2.14. The summed E-state index contributed by atoms with van der Waals surface area (Å²) in [5.41, 5.74) is 22.9. The first-order chi connectivity index (χ1) is 16.6. The molecule has 0 aromatic heterocycles. The van der Waals surface area contributed by atoms with Crippen LogP contribution in [0.1, 0.15) is 41.8 Å². The minimum atomic E-state index is -0.463. The SMILES string of the molecule is CCN=C(C=C(C)N)C(=O)NC(CCNc1ccc(C(N)=O)cc1C)CNc1c(C)cccc1N. The monoisotopic (exact) mass is 479 g/mol. The number of amides is 2. The van der Waals surface area contributed by atoms with Gasteiger partial charge in [-0.2, -0.15) is 0 Å². The number of aliphatic imine (C=N–C) groups is 1. The van der Waals surface area contributed by atoms with Gasteiger partial charge in [0.15, 0.2) is 0 Å². The van der Waals surface area contributed by atoms with Crippen molar-refractivity contribution in [3.05, 3.63) is 64.9 Å². The summed E-state index contributed by atoms with van der Waals surface area (Å²) in [6.45, 7) is 8.98. The molecule has 0 fully saturated rings. The molecule has 0 saturated carbocycles. The number of carbonyl (C=O) groups is 2. The second-order valence-corrected chi connectivity index (χ2v) is 8.45. The van der Waals surface area contributed by atoms with E-state index in [-0.39, 0.29) is 11.9 Å². The van der Waals surface area contributed by atoms with E-state index in [1.165, 1.54) is 0 Å². The second kappa shape index (κ2) is 13.0. The topological polar surface area (TPSA) is 161 Å². The van der Waals surface area contributed by atoms with Crippen molar-refractivity contribution < 1.29 is 9.59 Å². The largest absolute Gasteiger partial charge is 0.402 e. The summed E-state index contributed by atoms with van der Waals surface area (Å²) in [7, 11) is 0. The summed E-state index contributed by atoms with van der Waals surface area (Å²) in [6, 6.07) is 10.8. The van der Waals surface area contributed by atoms with Gasteiger partial charge in [-0.25, -0.2) is 0 Å². The maximum Gasteiger partial charge on any atom is 0.269 e. The minimum Gasteiger partial charge on any atom is -0.402 e. The Morgan fingerprint density at radius 3 is 2.43 bits per heavy atom. The fraction of sp³-hybridized carbons (Fsp3) is 0.346. The highest BCUT2D eigenvalue weighted by molar-refractivity contribution is 6.43. The number of hydrogen-bond acceptors (Lipinski definition) is 7. The van der Waals surface area contributed by atoms with E-state index in [4.69, 9.17) is 17.2 Å². The van der Waals surface area contributed by atoms with E-state index in [0.717, 1.165) is 22.5 Å². The molecule has 188 valence electrons. The molecule has 0 radical (unpaired) electrons. The summed E-state index contributed by atoms with van der Waals surface area (Å²) in [4.78, 5) is 28.6. The van der Waals surface area contributed by atoms with Crippen molar-refractivity contribution in [1.82, 2.24) is 5.32 Å². The van der Waals surface area contributed by atoms with E-state index < -0.39 is 5.91 Å². The Morgan fingerprint density at radius 2 is 1.83 bits per heavy atom. The molecular formula is C26H37N7O2. The van der Waals surface area contributed by atoms with Crippen LogP contribution in [0.15, 0.2) is 53.2 Å². The number of allylic oxidation sites excluding steroid dienone is 1. The van der Waals surface area contributed by atoms with Gasteiger partial charge in [0.05, 0.1) is 11.4 Å². The summed E-state index contributed by atoms with van der Waals surface area (Å²) in [5, 5.41) is 9.82. The number of rotatable bonds is 12. The number of benzene rings is 2. The molecule has 0 spiro atoms. The number of primary amides is 1. The molecule has 0 aliphatic carbocycles. The third kappa shape index (κ3) is 8.37. The van der Waals surface area contributed by atoms with Gasteiger partial charge in [0, 0.05) is 42.6 Å². The van der Waals surface area contributed by atoms with Crippen LogP contribution in [-0.4, -0.2) is 43.2 Å². The predicted molar refractivity (Wildman–Crippen MR) is 145 cm³/mol. The van der Waals surface area contributed by atoms with Crippen LogP contribution in [0.5, 0.6) is 0 Å². The highest BCUT2D eigenvalue weighted by atomic mass is 16.2. The maximum absolute atomic E-state index is 13.0. The van der Waals surface area contributed by atoms with Crippen LogP contribution < -0.4 is 33.2 Å². The van der Waals surface area contributed by atoms with Crippen molar-refractivity contribution in [1.29, 1.82) is 0 Å². The normalized spacial score (nSPS) is 12.7. The van der Waals surface area contributed by atoms with Gasteiger partial charge in [-0.1, -0.05) is 12.1 Å². The van der Waals surface area contributed by atoms with Crippen LogP contribution in [0, 0.1) is 13.8 Å². The zero-order valence-electron chi connectivity index (χ0n) is 20.9. The molecule has 0 aliphatic rings. The summed E-state index contributed by atoms with van der Waals surface area (Å²) in [6.07, 6.45) is 2.19. The Bertz CT molecular complexity index is 1080. The highest BCUT2D eigenvalue weighted by Gasteiger charge is 2.17. The maximum atomic E-state index is 13.0. The number of nitrogens with zero attached hydrogens (tertiary/aromatic N) is 1. The summed E-state index contributed by atoms with van der Waals surface area (Å²) >= 11 is 0. The lowest BCUT2D eigenvalue weighted by atomic mass is 10.1. The van der Waals surface area contributed by atoms with Crippen molar-refractivity contribution in [2.45, 2.75) is 40.2 Å². The number of hydrogen-bond donors (Lipinski definition) is 6. The number of nitrogens with one attached hydrogen (secondary N) is 3. The lowest BCUT2D eigenvalue weighted by Gasteiger charge is -2.22. The molecule has 2 aromatic carbocycles. The smallest absolute Gasteiger partial charge is 0.269 e. The summed E-state index contributed by atoms with van der Waals surface area (Å²) < 4.78 is 0. The molecule has 9 heteroatoms. The van der Waals surface area contributed by atoms with Crippen LogP contribution in [0.2, 0.25) is 0 Å². The molecule has 35 heavy (non-hydrogen) atoms. The van der Waals surface area contributed by atoms with E-state index >= 15 is 0 Å². The van der Waals surface area contributed by atoms with Gasteiger partial charge in [0.25, 0.3) is 5.91 Å². The minimum absolute atomic E-state index is 0.229. The molecule has 1 atom stereocenters. The number of para-hydroxylation sites is 1. The molecule has 9 N–H and O–H groups in total. The average Bonchev–Trinajstić information content (AvgIpc) is 2.78. The molecule has 2 aromatic rings. The van der Waals surface area contributed by atoms with Crippen molar-refractivity contribution in [2.24, 2.45) is 16.5 Å². The zero-order chi connectivity index (χ0) is 26.0. The van der Waals surface area contributed by atoms with Crippen LogP contribution in [0.25, 0.3) is 0 Å². The van der Waals surface area contributed by atoms with E-state index in [1.54, 1.807) is 25.1 Å². The number of nitrogens with two attached hydrogens (primary N) is 3. The van der Waals surface area contributed by atoms with Crippen molar-refractivity contribution >= 4 is 34.6 Å². The van der Waals surface area contributed by atoms with E-state index in [1.807, 2.05) is 45.0 Å². The second-order valence-electron chi connectivity index (χ2n) is 8.45. The fourth-order valence-electron chi connectivity index (χ4n) is 3.61. The predicted octanol–water partition coefficient (Wildman–Crippen LogP) is 2.71. The van der Waals surface area contributed by atoms with Gasteiger partial charge in [-0.3, -0.25) is 14.6 Å². The molecular weight excluding hydrogens is 442 g/mol. The van der Waals surface area contributed by atoms with Crippen molar-refractivity contribution in [3.63, 3.8) is 0 Å². The molecule has 0 aliphatic heterocycles. The lowest BCUT2D eigenvalue weighted by Crippen LogP contribution is -2.44. The number of carbonyl (C=O) groups excluding carboxylic acids is 2. The van der Waals surface area contributed by atoms with Crippen LogP contribution in [0.3, 0.4) is 0 Å². The van der Waals surface area contributed by atoms with Crippen LogP contribution >= 0.6 is 0 Å². The van der Waals surface area contributed by atoms with Crippen LogP contribution in [0.4, 0.5) is 17.1 Å². The number of aryl methyl sites for hydroxylation is 2. The van der Waals surface area contributed by atoms with E-state index in [9.17, 15) is 9.59 Å². The number of anilines is 3. The van der Waals surface area contributed by atoms with Crippen LogP contribution in [-0.2, 0) is 4.79 Å². The van der Waals surface area contributed by atoms with Gasteiger partial charge in [-0.05, 0) is 75.6 Å². The highest BCUT2D eigenvalue weighted by Crippen LogP contribution is 2.22. The molecule has 2 rings (SSSR count). The first kappa shape index (κ1) is 27.2. The van der Waals surface area contributed by atoms with Gasteiger partial charge in [0.2, 0.25) is 5.91 Å². The zero-order valence-corrected chi connectivity index (χ0v) is 20.9. The Morgan fingerprint density at radius 1 is 1.09 bits per heavy atom. The standard InChI is InChI=1S/C26H37N7O2/c1-5-30-23(14-18(4)27)26(35)33-20(15-32-24-16(2)7-6-8-21(24)28)11-12-31-22-10-9-19(25(29)34)13-17(22)3/h6-10,13-14,20,31-32H,5,11-12,15,27-28H2,1-4H3,(H2,29,34)(H,33,35). The molecule has 2 amide bonds. The van der Waals surface area contributed by atoms with Gasteiger partial charge in [0.1, 0.15) is 5.71 Å². The average molecular weight is 480 g/mol. The Labute approximate surface area is 207 Å². The van der Waals surface area contributed by atoms with Gasteiger partial charge >= 0.3 is 0 Å².